The first-order valence-electron chi connectivity index (χ1n) is 8.11. The second-order valence-corrected chi connectivity index (χ2v) is 8.76. The highest BCUT2D eigenvalue weighted by atomic mass is 32.0. The highest BCUT2D eigenvalue weighted by molar-refractivity contribution is 8.23. The maximum absolute atomic E-state index is 11.5. The Morgan fingerprint density at radius 2 is 2.26 bits per heavy atom. The van der Waals surface area contributed by atoms with Crippen molar-refractivity contribution in [2.45, 2.75) is 63.4 Å². The van der Waals surface area contributed by atoms with Gasteiger partial charge < -0.3 is 19.5 Å². The van der Waals surface area contributed by atoms with E-state index < -0.39 is 13.8 Å². The normalized spacial score (nSPS) is 34.3. The molecule has 23 heavy (non-hydrogen) atoms. The first-order valence-corrected chi connectivity index (χ1v) is 11.1. The topological polar surface area (TPSA) is 76.0 Å². The first-order chi connectivity index (χ1) is 10.9. The summed E-state index contributed by atoms with van der Waals surface area (Å²) in [6, 6.07) is 0. The summed E-state index contributed by atoms with van der Waals surface area (Å²) in [4.78, 5) is 11.5. The lowest BCUT2D eigenvalue weighted by molar-refractivity contribution is -0.141. The lowest BCUT2D eigenvalue weighted by atomic mass is 9.91. The summed E-state index contributed by atoms with van der Waals surface area (Å²) in [6.07, 6.45) is 5.32. The molecule has 2 rings (SSSR count). The number of aliphatic hydroxyl groups is 2. The third-order valence-electron chi connectivity index (χ3n) is 4.63. The summed E-state index contributed by atoms with van der Waals surface area (Å²) in [5.41, 5.74) is 0. The summed E-state index contributed by atoms with van der Waals surface area (Å²) < 4.78 is 11.1. The van der Waals surface area contributed by atoms with Gasteiger partial charge in [0.1, 0.15) is 6.10 Å². The summed E-state index contributed by atoms with van der Waals surface area (Å²) in [5.74, 6) is -0.0483. The molecule has 0 aromatic carbocycles. The van der Waals surface area contributed by atoms with Crippen molar-refractivity contribution in [3.8, 4) is 0 Å². The zero-order valence-corrected chi connectivity index (χ0v) is 15.4. The Balaban J connectivity index is 1.95. The minimum Gasteiger partial charge on any atom is -0.462 e. The fourth-order valence-electron chi connectivity index (χ4n) is 3.35. The molecule has 2 N–H and O–H groups in total. The van der Waals surface area contributed by atoms with Gasteiger partial charge in [0.05, 0.1) is 24.7 Å². The molecule has 8 heteroatoms. The number of carbonyl (C=O) groups excluding carboxylic acids is 1. The van der Waals surface area contributed by atoms with Crippen molar-refractivity contribution in [3.05, 3.63) is 12.2 Å². The quantitative estimate of drug-likeness (QED) is 0.301. The van der Waals surface area contributed by atoms with E-state index in [1.165, 1.54) is 0 Å². The number of hydrogen-bond acceptors (Lipinski definition) is 5. The lowest BCUT2D eigenvalue weighted by Gasteiger charge is -2.22. The van der Waals surface area contributed by atoms with Crippen molar-refractivity contribution < 1.29 is 24.3 Å². The Kier molecular flexibility index (Phi) is 7.50. The fourth-order valence-corrected chi connectivity index (χ4v) is 4.36. The van der Waals surface area contributed by atoms with Gasteiger partial charge in [-0.1, -0.05) is 28.0 Å². The maximum atomic E-state index is 11.5. The number of aliphatic hydroxyl groups excluding tert-OH is 2. The predicted octanol–water partition coefficient (Wildman–Crippen LogP) is 2.06. The molecule has 0 amide bonds. The van der Waals surface area contributed by atoms with Gasteiger partial charge in [-0.3, -0.25) is 4.79 Å². The van der Waals surface area contributed by atoms with Crippen LogP contribution in [0.25, 0.3) is 0 Å². The van der Waals surface area contributed by atoms with Gasteiger partial charge in [0.2, 0.25) is 0 Å². The Hall–Kier alpha value is 0.0149. The fraction of sp³-hybridized carbons (Fsp3) is 0.800. The molecule has 128 valence electrons. The van der Waals surface area contributed by atoms with Gasteiger partial charge in [-0.05, 0) is 27.0 Å². The molecule has 2 aliphatic rings. The summed E-state index contributed by atoms with van der Waals surface area (Å²) >= 11 is 0. The van der Waals surface area contributed by atoms with Crippen LogP contribution in [0.5, 0.6) is 0 Å². The average Bonchev–Trinajstić information content (AvgIpc) is 2.97. The molecule has 2 fully saturated rings. The largest absolute Gasteiger partial charge is 0.462 e. The van der Waals surface area contributed by atoms with Crippen LogP contribution in [0.3, 0.4) is 0 Å². The summed E-state index contributed by atoms with van der Waals surface area (Å²) in [6.45, 7) is 1.92. The molecule has 0 aromatic heterocycles. The van der Waals surface area contributed by atoms with Crippen LogP contribution in [0.4, 0.5) is 0 Å². The SMILES string of the molecule is [B]P(P)O[C@H]1C[C@@H]2OC(=O)CC2C1C=CC(O)CCC(O)CC. The zero-order chi connectivity index (χ0) is 17.0. The van der Waals surface area contributed by atoms with E-state index in [0.29, 0.717) is 32.1 Å². The average molecular weight is 358 g/mol. The number of rotatable bonds is 8. The van der Waals surface area contributed by atoms with Crippen LogP contribution in [-0.2, 0) is 14.1 Å². The number of hydrogen-bond donors (Lipinski definition) is 2. The third kappa shape index (κ3) is 5.51. The third-order valence-corrected chi connectivity index (χ3v) is 5.51. The number of fused-ring (bicyclic) bond motifs is 1. The van der Waals surface area contributed by atoms with E-state index in [1.807, 2.05) is 13.0 Å². The Bertz CT molecular complexity index is 434. The van der Waals surface area contributed by atoms with Crippen LogP contribution in [-0.4, -0.2) is 48.2 Å². The molecule has 0 spiro atoms. The van der Waals surface area contributed by atoms with Gasteiger partial charge in [0, 0.05) is 18.3 Å². The van der Waals surface area contributed by atoms with E-state index in [1.54, 1.807) is 6.08 Å². The van der Waals surface area contributed by atoms with E-state index >= 15 is 0 Å². The minimum absolute atomic E-state index is 0.0197. The molecule has 8 atom stereocenters. The van der Waals surface area contributed by atoms with Gasteiger partial charge in [-0.15, -0.1) is 0 Å². The van der Waals surface area contributed by atoms with Crippen LogP contribution < -0.4 is 0 Å². The number of esters is 1. The van der Waals surface area contributed by atoms with Gasteiger partial charge >= 0.3 is 5.97 Å². The van der Waals surface area contributed by atoms with Crippen molar-refractivity contribution in [3.63, 3.8) is 0 Å². The molecular formula is C15H25BO5P2. The van der Waals surface area contributed by atoms with Crippen LogP contribution in [0.2, 0.25) is 0 Å². The molecule has 0 aromatic rings. The number of ether oxygens (including phenoxy) is 1. The molecule has 5 nitrogen and oxygen atoms in total. The number of carbonyl (C=O) groups is 1. The highest BCUT2D eigenvalue weighted by Crippen LogP contribution is 2.50. The second-order valence-electron chi connectivity index (χ2n) is 6.30. The smallest absolute Gasteiger partial charge is 0.306 e. The first kappa shape index (κ1) is 19.3. The van der Waals surface area contributed by atoms with Crippen molar-refractivity contribution in [1.29, 1.82) is 0 Å². The Morgan fingerprint density at radius 1 is 1.52 bits per heavy atom. The lowest BCUT2D eigenvalue weighted by Crippen LogP contribution is -2.20. The van der Waals surface area contributed by atoms with Gasteiger partial charge in [-0.2, -0.15) is 0 Å². The van der Waals surface area contributed by atoms with Crippen LogP contribution in [0, 0.1) is 11.8 Å². The van der Waals surface area contributed by atoms with Crippen LogP contribution >= 0.6 is 16.6 Å². The van der Waals surface area contributed by atoms with Gasteiger partial charge in [0.25, 0.3) is 0 Å². The molecule has 0 bridgehead atoms. The molecule has 1 saturated carbocycles. The Morgan fingerprint density at radius 3 is 2.91 bits per heavy atom. The Labute approximate surface area is 142 Å². The molecule has 2 radical (unpaired) electrons. The molecule has 1 aliphatic carbocycles. The van der Waals surface area contributed by atoms with E-state index in [-0.39, 0.29) is 36.1 Å². The monoisotopic (exact) mass is 358 g/mol. The minimum atomic E-state index is -1.07. The summed E-state index contributed by atoms with van der Waals surface area (Å²) in [7, 11) is 7.16. The van der Waals surface area contributed by atoms with E-state index in [2.05, 4.69) is 8.93 Å². The van der Waals surface area contributed by atoms with Crippen LogP contribution in [0.15, 0.2) is 12.2 Å². The van der Waals surface area contributed by atoms with Crippen molar-refractivity contribution in [1.82, 2.24) is 0 Å². The maximum Gasteiger partial charge on any atom is 0.306 e. The standard InChI is InChI=1S/C15H25BO5P2/c1-2-9(17)3-4-10(18)5-6-11-12-7-15(19)20-13(12)8-14(11)21-23(16)22/h5-6,9-14,17-18H,2-4,7-8,22H2,1H3/t9?,10?,11?,12?,13-,14-,23?/m0/s1. The van der Waals surface area contributed by atoms with Gasteiger partial charge in [-0.25, -0.2) is 0 Å². The molecule has 6 unspecified atom stereocenters. The summed E-state index contributed by atoms with van der Waals surface area (Å²) in [5, 5.41) is 19.6. The van der Waals surface area contributed by atoms with Gasteiger partial charge in [0.15, 0.2) is 7.57 Å². The van der Waals surface area contributed by atoms with Crippen molar-refractivity contribution in [2.75, 3.05) is 0 Å². The second kappa shape index (κ2) is 8.92. The highest BCUT2D eigenvalue weighted by Gasteiger charge is 2.49. The molecule has 1 saturated heterocycles. The van der Waals surface area contributed by atoms with Crippen LogP contribution in [0.1, 0.15) is 39.0 Å². The van der Waals surface area contributed by atoms with E-state index in [4.69, 9.17) is 16.8 Å². The molecule has 1 aliphatic heterocycles. The molecular weight excluding hydrogens is 333 g/mol. The predicted molar refractivity (Wildman–Crippen MR) is 94.0 cm³/mol. The van der Waals surface area contributed by atoms with Crippen molar-refractivity contribution in [2.24, 2.45) is 11.8 Å². The zero-order valence-electron chi connectivity index (χ0n) is 13.4. The molecule has 1 heterocycles. The van der Waals surface area contributed by atoms with Crippen molar-refractivity contribution >= 4 is 30.2 Å². The van der Waals surface area contributed by atoms with E-state index in [9.17, 15) is 15.0 Å². The van der Waals surface area contributed by atoms with E-state index in [0.717, 1.165) is 0 Å².